The van der Waals surface area contributed by atoms with Crippen molar-refractivity contribution < 1.29 is 8.78 Å². The summed E-state index contributed by atoms with van der Waals surface area (Å²) in [6, 6.07) is 5.59. The van der Waals surface area contributed by atoms with Gasteiger partial charge in [-0.05, 0) is 34.1 Å². The van der Waals surface area contributed by atoms with Crippen LogP contribution in [-0.4, -0.2) is 0 Å². The normalized spacial score (nSPS) is 10.6. The summed E-state index contributed by atoms with van der Waals surface area (Å²) in [7, 11) is 0. The number of anilines is 1. The van der Waals surface area contributed by atoms with E-state index in [0.29, 0.717) is 16.6 Å². The van der Waals surface area contributed by atoms with Crippen LogP contribution < -0.4 is 5.32 Å². The van der Waals surface area contributed by atoms with E-state index in [1.165, 1.54) is 17.4 Å². The largest absolute Gasteiger partial charge is 0.380 e. The molecule has 0 saturated carbocycles. The van der Waals surface area contributed by atoms with Gasteiger partial charge in [0.25, 0.3) is 0 Å². The average Bonchev–Trinajstić information content (AvgIpc) is 2.60. The number of hydrogen-bond acceptors (Lipinski definition) is 2. The van der Waals surface area contributed by atoms with E-state index in [2.05, 4.69) is 21.2 Å². The summed E-state index contributed by atoms with van der Waals surface area (Å²) in [5.41, 5.74) is 0.532. The highest BCUT2D eigenvalue weighted by Gasteiger charge is 2.05. The van der Waals surface area contributed by atoms with Gasteiger partial charge in [0.2, 0.25) is 0 Å². The lowest BCUT2D eigenvalue weighted by atomic mass is 10.3. The fraction of sp³-hybridized carbons (Fsp3) is 0.0909. The van der Waals surface area contributed by atoms with Crippen LogP contribution in [0.2, 0.25) is 4.34 Å². The highest BCUT2D eigenvalue weighted by Crippen LogP contribution is 2.32. The highest BCUT2D eigenvalue weighted by molar-refractivity contribution is 9.10. The predicted octanol–water partition coefficient (Wildman–Crippen LogP) is 5.05. The Bertz CT molecular complexity index is 525. The van der Waals surface area contributed by atoms with Crippen molar-refractivity contribution in [3.8, 4) is 0 Å². The first-order valence-corrected chi connectivity index (χ1v) is 6.67. The van der Waals surface area contributed by atoms with Crippen LogP contribution in [0.5, 0.6) is 0 Å². The van der Waals surface area contributed by atoms with Gasteiger partial charge < -0.3 is 5.32 Å². The number of nitrogens with one attached hydrogen (secondary N) is 1. The average molecular weight is 339 g/mol. The summed E-state index contributed by atoms with van der Waals surface area (Å²) >= 11 is 10.6. The van der Waals surface area contributed by atoms with Crippen LogP contribution in [0.25, 0.3) is 0 Å². The highest BCUT2D eigenvalue weighted by atomic mass is 79.9. The molecule has 90 valence electrons. The van der Waals surface area contributed by atoms with Crippen molar-refractivity contribution in [1.29, 1.82) is 0 Å². The van der Waals surface area contributed by atoms with Crippen LogP contribution in [0.15, 0.2) is 28.7 Å². The van der Waals surface area contributed by atoms with E-state index in [0.717, 1.165) is 21.5 Å². The zero-order valence-corrected chi connectivity index (χ0v) is 11.6. The van der Waals surface area contributed by atoms with Crippen molar-refractivity contribution in [3.05, 3.63) is 49.6 Å². The molecule has 0 spiro atoms. The maximum absolute atomic E-state index is 12.9. The third-order valence-corrected chi connectivity index (χ3v) is 4.56. The molecular weight excluding hydrogens is 332 g/mol. The molecule has 2 rings (SSSR count). The van der Waals surface area contributed by atoms with Gasteiger partial charge >= 0.3 is 0 Å². The maximum atomic E-state index is 12.9. The number of rotatable bonds is 3. The molecule has 0 saturated heterocycles. The molecule has 0 unspecified atom stereocenters. The quantitative estimate of drug-likeness (QED) is 0.825. The van der Waals surface area contributed by atoms with E-state index in [9.17, 15) is 8.78 Å². The molecule has 0 amide bonds. The molecule has 17 heavy (non-hydrogen) atoms. The first-order chi connectivity index (χ1) is 8.06. The number of thiophene rings is 1. The van der Waals surface area contributed by atoms with E-state index < -0.39 is 11.6 Å². The lowest BCUT2D eigenvalue weighted by molar-refractivity contribution is 0.509. The van der Waals surface area contributed by atoms with Crippen LogP contribution in [0, 0.1) is 11.6 Å². The van der Waals surface area contributed by atoms with E-state index in [4.69, 9.17) is 11.6 Å². The molecule has 0 radical (unpaired) electrons. The summed E-state index contributed by atoms with van der Waals surface area (Å²) in [6.07, 6.45) is 0. The zero-order valence-electron chi connectivity index (χ0n) is 8.44. The Kier molecular flexibility index (Phi) is 4.01. The number of hydrogen-bond donors (Lipinski definition) is 1. The van der Waals surface area contributed by atoms with Crippen molar-refractivity contribution in [3.63, 3.8) is 0 Å². The van der Waals surface area contributed by atoms with Crippen molar-refractivity contribution in [1.82, 2.24) is 0 Å². The molecule has 2 aromatic rings. The summed E-state index contributed by atoms with van der Waals surface area (Å²) in [4.78, 5) is 1.01. The second-order valence-corrected chi connectivity index (χ2v) is 5.91. The van der Waals surface area contributed by atoms with Crippen LogP contribution in [0.1, 0.15) is 4.88 Å². The molecule has 0 fully saturated rings. The number of benzene rings is 1. The molecule has 1 aromatic heterocycles. The van der Waals surface area contributed by atoms with Gasteiger partial charge in [-0.25, -0.2) is 8.78 Å². The molecular formula is C11H7BrClF2NS. The van der Waals surface area contributed by atoms with Gasteiger partial charge in [0.15, 0.2) is 11.6 Å². The Labute approximate surface area is 115 Å². The Balaban J connectivity index is 2.04. The van der Waals surface area contributed by atoms with Crippen molar-refractivity contribution in [2.45, 2.75) is 6.54 Å². The van der Waals surface area contributed by atoms with E-state index in [-0.39, 0.29) is 0 Å². The second kappa shape index (κ2) is 5.33. The van der Waals surface area contributed by atoms with Crippen molar-refractivity contribution >= 4 is 44.6 Å². The second-order valence-electron chi connectivity index (χ2n) is 3.32. The van der Waals surface area contributed by atoms with Crippen molar-refractivity contribution in [2.24, 2.45) is 0 Å². The van der Waals surface area contributed by atoms with E-state index in [1.807, 2.05) is 6.07 Å². The Hall–Kier alpha value is -0.650. The number of halogens is 4. The first-order valence-electron chi connectivity index (χ1n) is 4.69. The Morgan fingerprint density at radius 2 is 2.00 bits per heavy atom. The monoisotopic (exact) mass is 337 g/mol. The molecule has 1 heterocycles. The molecule has 0 aliphatic carbocycles. The fourth-order valence-corrected chi connectivity index (χ4v) is 3.00. The molecule has 0 atom stereocenters. The molecule has 1 nitrogen and oxygen atoms in total. The topological polar surface area (TPSA) is 12.0 Å². The van der Waals surface area contributed by atoms with Crippen molar-refractivity contribution in [2.75, 3.05) is 5.32 Å². The molecule has 0 aliphatic heterocycles. The van der Waals surface area contributed by atoms with E-state index in [1.54, 1.807) is 0 Å². The molecule has 1 aromatic carbocycles. The third kappa shape index (κ3) is 3.18. The van der Waals surface area contributed by atoms with Crippen LogP contribution >= 0.6 is 38.9 Å². The smallest absolute Gasteiger partial charge is 0.160 e. The summed E-state index contributed by atoms with van der Waals surface area (Å²) < 4.78 is 27.1. The molecule has 0 bridgehead atoms. The molecule has 1 N–H and O–H groups in total. The van der Waals surface area contributed by atoms with Gasteiger partial charge in [0, 0.05) is 27.6 Å². The SMILES string of the molecule is Fc1ccc(NCc2cc(Br)c(Cl)s2)cc1F. The first kappa shape index (κ1) is 12.8. The Morgan fingerprint density at radius 3 is 2.59 bits per heavy atom. The minimum absolute atomic E-state index is 0.515. The minimum Gasteiger partial charge on any atom is -0.380 e. The summed E-state index contributed by atoms with van der Waals surface area (Å²) in [6.45, 7) is 0.515. The van der Waals surface area contributed by atoms with Gasteiger partial charge in [-0.3, -0.25) is 0 Å². The van der Waals surface area contributed by atoms with Gasteiger partial charge in [0.05, 0.1) is 0 Å². The van der Waals surface area contributed by atoms with Crippen LogP contribution in [0.4, 0.5) is 14.5 Å². The van der Waals surface area contributed by atoms with Gasteiger partial charge in [-0.15, -0.1) is 11.3 Å². The lowest BCUT2D eigenvalue weighted by Gasteiger charge is -2.04. The third-order valence-electron chi connectivity index (χ3n) is 2.08. The van der Waals surface area contributed by atoms with E-state index >= 15 is 0 Å². The van der Waals surface area contributed by atoms with Gasteiger partial charge in [0.1, 0.15) is 4.34 Å². The molecule has 6 heteroatoms. The zero-order chi connectivity index (χ0) is 12.4. The van der Waals surface area contributed by atoms with Crippen LogP contribution in [-0.2, 0) is 6.54 Å². The fourth-order valence-electron chi connectivity index (χ4n) is 1.27. The van der Waals surface area contributed by atoms with Gasteiger partial charge in [-0.2, -0.15) is 0 Å². The van der Waals surface area contributed by atoms with Crippen LogP contribution in [0.3, 0.4) is 0 Å². The minimum atomic E-state index is -0.861. The lowest BCUT2D eigenvalue weighted by Crippen LogP contribution is -1.98. The van der Waals surface area contributed by atoms with Gasteiger partial charge in [-0.1, -0.05) is 11.6 Å². The maximum Gasteiger partial charge on any atom is 0.160 e. The Morgan fingerprint density at radius 1 is 1.24 bits per heavy atom. The standard InChI is InChI=1S/C11H7BrClF2NS/c12-8-4-7(17-11(8)13)5-16-6-1-2-9(14)10(15)3-6/h1-4,16H,5H2. The summed E-state index contributed by atoms with van der Waals surface area (Å²) in [5.74, 6) is -1.71. The predicted molar refractivity (Wildman–Crippen MR) is 70.7 cm³/mol. The summed E-state index contributed by atoms with van der Waals surface area (Å²) in [5, 5.41) is 2.99. The molecule has 0 aliphatic rings.